The smallest absolute Gasteiger partial charge is 0.258 e. The number of amides is 1. The lowest BCUT2D eigenvalue weighted by molar-refractivity contribution is -0.123. The summed E-state index contributed by atoms with van der Waals surface area (Å²) in [7, 11) is 0. The minimum absolute atomic E-state index is 0.0264. The first-order valence-electron chi connectivity index (χ1n) is 5.79. The highest BCUT2D eigenvalue weighted by molar-refractivity contribution is 6.30. The van der Waals surface area contributed by atoms with Gasteiger partial charge in [-0.05, 0) is 38.5 Å². The predicted molar refractivity (Wildman–Crippen MR) is 74.5 cm³/mol. The first-order valence-corrected chi connectivity index (χ1v) is 6.60. The lowest BCUT2D eigenvalue weighted by Gasteiger charge is -2.15. The van der Waals surface area contributed by atoms with Gasteiger partial charge < -0.3 is 10.1 Å². The van der Waals surface area contributed by atoms with Crippen LogP contribution in [0.4, 0.5) is 0 Å². The number of halogens is 2. The molecular weight excluding hydrogens is 273 g/mol. The molecule has 2 unspecified atom stereocenters. The first kappa shape index (κ1) is 15.1. The highest BCUT2D eigenvalue weighted by Crippen LogP contribution is 2.16. The Morgan fingerprint density at radius 2 is 2.17 bits per heavy atom. The van der Waals surface area contributed by atoms with Crippen molar-refractivity contribution in [2.75, 3.05) is 6.61 Å². The van der Waals surface area contributed by atoms with Gasteiger partial charge in [0.05, 0.1) is 0 Å². The second kappa shape index (κ2) is 7.49. The summed E-state index contributed by atoms with van der Waals surface area (Å²) in [4.78, 5) is 11.6. The molecule has 1 rings (SSSR count). The van der Waals surface area contributed by atoms with Crippen molar-refractivity contribution >= 4 is 29.1 Å². The molecular formula is C13H17Cl2NO2. The molecule has 0 aromatic heterocycles. The summed E-state index contributed by atoms with van der Waals surface area (Å²) >= 11 is 11.7. The van der Waals surface area contributed by atoms with Gasteiger partial charge in [-0.3, -0.25) is 4.79 Å². The van der Waals surface area contributed by atoms with Gasteiger partial charge in [0.2, 0.25) is 0 Å². The van der Waals surface area contributed by atoms with Crippen LogP contribution in [-0.2, 0) is 4.79 Å². The summed E-state index contributed by atoms with van der Waals surface area (Å²) in [5.74, 6) is 0.413. The number of hydrogen-bond acceptors (Lipinski definition) is 2. The van der Waals surface area contributed by atoms with Crippen LogP contribution in [0.3, 0.4) is 0 Å². The molecule has 5 heteroatoms. The Bertz CT molecular complexity index is 396. The number of rotatable bonds is 6. The molecule has 1 amide bonds. The van der Waals surface area contributed by atoms with E-state index >= 15 is 0 Å². The Kier molecular flexibility index (Phi) is 6.30. The third-order valence-electron chi connectivity index (χ3n) is 2.25. The van der Waals surface area contributed by atoms with E-state index in [9.17, 15) is 4.79 Å². The van der Waals surface area contributed by atoms with Crippen LogP contribution in [0, 0.1) is 0 Å². The predicted octanol–water partition coefficient (Wildman–Crippen LogP) is 3.24. The van der Waals surface area contributed by atoms with Crippen molar-refractivity contribution in [3.8, 4) is 5.75 Å². The van der Waals surface area contributed by atoms with E-state index in [2.05, 4.69) is 5.32 Å². The molecule has 0 heterocycles. The SMILES string of the molecule is CC(Cl)CC(C)NC(=O)COc1cccc(Cl)c1. The largest absolute Gasteiger partial charge is 0.484 e. The second-order valence-electron chi connectivity index (χ2n) is 4.23. The van der Waals surface area contributed by atoms with E-state index in [1.807, 2.05) is 13.8 Å². The van der Waals surface area contributed by atoms with E-state index in [1.165, 1.54) is 0 Å². The summed E-state index contributed by atoms with van der Waals surface area (Å²) in [6, 6.07) is 6.97. The van der Waals surface area contributed by atoms with Gasteiger partial charge in [-0.1, -0.05) is 17.7 Å². The molecule has 1 N–H and O–H groups in total. The van der Waals surface area contributed by atoms with Crippen LogP contribution in [0.15, 0.2) is 24.3 Å². The first-order chi connectivity index (χ1) is 8.47. The fourth-order valence-corrected chi connectivity index (χ4v) is 2.02. The number of carbonyl (C=O) groups excluding carboxylic acids is 1. The molecule has 0 radical (unpaired) electrons. The van der Waals surface area contributed by atoms with Crippen LogP contribution in [0.25, 0.3) is 0 Å². The minimum Gasteiger partial charge on any atom is -0.484 e. The van der Waals surface area contributed by atoms with Gasteiger partial charge in [0, 0.05) is 16.4 Å². The number of benzene rings is 1. The molecule has 100 valence electrons. The summed E-state index contributed by atoms with van der Waals surface area (Å²) in [6.07, 6.45) is 0.727. The molecule has 0 saturated carbocycles. The fraction of sp³-hybridized carbons (Fsp3) is 0.462. The number of ether oxygens (including phenoxy) is 1. The van der Waals surface area contributed by atoms with E-state index in [-0.39, 0.29) is 23.9 Å². The van der Waals surface area contributed by atoms with Gasteiger partial charge in [-0.25, -0.2) is 0 Å². The molecule has 1 aromatic carbocycles. The molecule has 0 fully saturated rings. The maximum atomic E-state index is 11.6. The molecule has 18 heavy (non-hydrogen) atoms. The average Bonchev–Trinajstić information content (AvgIpc) is 2.25. The number of alkyl halides is 1. The molecule has 0 aliphatic heterocycles. The molecule has 1 aromatic rings. The monoisotopic (exact) mass is 289 g/mol. The molecule has 3 nitrogen and oxygen atoms in total. The van der Waals surface area contributed by atoms with E-state index in [4.69, 9.17) is 27.9 Å². The Morgan fingerprint density at radius 3 is 2.78 bits per heavy atom. The zero-order chi connectivity index (χ0) is 13.5. The molecule has 0 saturated heterocycles. The number of nitrogens with one attached hydrogen (secondary N) is 1. The fourth-order valence-electron chi connectivity index (χ4n) is 1.57. The van der Waals surface area contributed by atoms with E-state index in [1.54, 1.807) is 24.3 Å². The van der Waals surface area contributed by atoms with Gasteiger partial charge in [-0.15, -0.1) is 11.6 Å². The van der Waals surface area contributed by atoms with Crippen LogP contribution in [0.5, 0.6) is 5.75 Å². The normalized spacial score (nSPS) is 13.8. The van der Waals surface area contributed by atoms with Crippen molar-refractivity contribution < 1.29 is 9.53 Å². The second-order valence-corrected chi connectivity index (χ2v) is 5.41. The molecule has 2 atom stereocenters. The lowest BCUT2D eigenvalue weighted by Crippen LogP contribution is -2.37. The van der Waals surface area contributed by atoms with E-state index < -0.39 is 0 Å². The third-order valence-corrected chi connectivity index (χ3v) is 2.67. The molecule has 0 bridgehead atoms. The highest BCUT2D eigenvalue weighted by Gasteiger charge is 2.10. The number of hydrogen-bond donors (Lipinski definition) is 1. The van der Waals surface area contributed by atoms with Crippen LogP contribution in [0.2, 0.25) is 5.02 Å². The quantitative estimate of drug-likeness (QED) is 0.817. The van der Waals surface area contributed by atoms with Gasteiger partial charge in [0.15, 0.2) is 6.61 Å². The van der Waals surface area contributed by atoms with Crippen LogP contribution < -0.4 is 10.1 Å². The topological polar surface area (TPSA) is 38.3 Å². The van der Waals surface area contributed by atoms with E-state index in [0.717, 1.165) is 6.42 Å². The standard InChI is InChI=1S/C13H17Cl2NO2/c1-9(14)6-10(2)16-13(17)8-18-12-5-3-4-11(15)7-12/h3-5,7,9-10H,6,8H2,1-2H3,(H,16,17). The maximum absolute atomic E-state index is 11.6. The summed E-state index contributed by atoms with van der Waals surface area (Å²) in [5.41, 5.74) is 0. The van der Waals surface area contributed by atoms with Gasteiger partial charge in [-0.2, -0.15) is 0 Å². The van der Waals surface area contributed by atoms with Crippen molar-refractivity contribution in [1.82, 2.24) is 5.32 Å². The number of carbonyl (C=O) groups is 1. The van der Waals surface area contributed by atoms with Gasteiger partial charge in [0.1, 0.15) is 5.75 Å². The minimum atomic E-state index is -0.167. The van der Waals surface area contributed by atoms with Crippen LogP contribution in [0.1, 0.15) is 20.3 Å². The van der Waals surface area contributed by atoms with Crippen molar-refractivity contribution in [2.24, 2.45) is 0 Å². The molecule has 0 spiro atoms. The summed E-state index contributed by atoms with van der Waals surface area (Å²) in [5, 5.41) is 3.43. The summed E-state index contributed by atoms with van der Waals surface area (Å²) in [6.45, 7) is 3.78. The molecule has 0 aliphatic carbocycles. The zero-order valence-corrected chi connectivity index (χ0v) is 12.0. The third kappa shape index (κ3) is 6.12. The maximum Gasteiger partial charge on any atom is 0.258 e. The Labute approximate surface area is 117 Å². The average molecular weight is 290 g/mol. The Morgan fingerprint density at radius 1 is 1.44 bits per heavy atom. The van der Waals surface area contributed by atoms with Crippen molar-refractivity contribution in [3.05, 3.63) is 29.3 Å². The highest BCUT2D eigenvalue weighted by atomic mass is 35.5. The van der Waals surface area contributed by atoms with Gasteiger partial charge in [0.25, 0.3) is 5.91 Å². The van der Waals surface area contributed by atoms with Gasteiger partial charge >= 0.3 is 0 Å². The zero-order valence-electron chi connectivity index (χ0n) is 10.5. The molecule has 0 aliphatic rings. The van der Waals surface area contributed by atoms with Crippen LogP contribution in [-0.4, -0.2) is 23.9 Å². The van der Waals surface area contributed by atoms with Crippen molar-refractivity contribution in [1.29, 1.82) is 0 Å². The van der Waals surface area contributed by atoms with E-state index in [0.29, 0.717) is 10.8 Å². The summed E-state index contributed by atoms with van der Waals surface area (Å²) < 4.78 is 5.33. The Hall–Kier alpha value is -0.930. The van der Waals surface area contributed by atoms with Crippen molar-refractivity contribution in [2.45, 2.75) is 31.7 Å². The Balaban J connectivity index is 2.33. The van der Waals surface area contributed by atoms with Crippen LogP contribution >= 0.6 is 23.2 Å². The lowest BCUT2D eigenvalue weighted by atomic mass is 10.2. The van der Waals surface area contributed by atoms with Crippen molar-refractivity contribution in [3.63, 3.8) is 0 Å².